The van der Waals surface area contributed by atoms with Crippen molar-refractivity contribution in [2.24, 2.45) is 5.92 Å². The second-order valence-electron chi connectivity index (χ2n) is 9.44. The first kappa shape index (κ1) is 21.5. The number of sulfonamides is 1. The fraction of sp³-hybridized carbons (Fsp3) is 0.480. The molecule has 2 fully saturated rings. The number of fused-ring (bicyclic) bond motifs is 1. The zero-order valence-corrected chi connectivity index (χ0v) is 19.9. The lowest BCUT2D eigenvalue weighted by Crippen LogP contribution is -2.48. The Morgan fingerprint density at radius 3 is 2.38 bits per heavy atom. The fourth-order valence-electron chi connectivity index (χ4n) is 5.03. The molecule has 0 N–H and O–H groups in total. The molecular formula is C25H31N3O3S. The number of hydrogen-bond acceptors (Lipinski definition) is 4. The highest BCUT2D eigenvalue weighted by Crippen LogP contribution is 2.40. The van der Waals surface area contributed by atoms with Crippen LogP contribution in [0.4, 0.5) is 11.4 Å². The SMILES string of the molecule is Cc1cccc(N2CCN(S(=O)(=O)c3ccc4c(c3)CC(C)N4C(=O)C3CC3)CC2)c1C. The molecule has 6 nitrogen and oxygen atoms in total. The zero-order valence-electron chi connectivity index (χ0n) is 19.0. The maximum absolute atomic E-state index is 13.4. The summed E-state index contributed by atoms with van der Waals surface area (Å²) in [5.74, 6) is 0.342. The molecule has 0 bridgehead atoms. The van der Waals surface area contributed by atoms with E-state index in [-0.39, 0.29) is 17.9 Å². The number of aryl methyl sites for hydroxylation is 1. The number of piperazine rings is 1. The molecule has 32 heavy (non-hydrogen) atoms. The van der Waals surface area contributed by atoms with Crippen molar-refractivity contribution in [2.75, 3.05) is 36.0 Å². The van der Waals surface area contributed by atoms with E-state index in [1.54, 1.807) is 16.4 Å². The molecule has 1 saturated carbocycles. The second-order valence-corrected chi connectivity index (χ2v) is 11.4. The summed E-state index contributed by atoms with van der Waals surface area (Å²) in [6, 6.07) is 11.7. The van der Waals surface area contributed by atoms with Crippen LogP contribution in [0.5, 0.6) is 0 Å². The summed E-state index contributed by atoms with van der Waals surface area (Å²) in [6.07, 6.45) is 2.65. The first-order chi connectivity index (χ1) is 15.3. The van der Waals surface area contributed by atoms with Gasteiger partial charge in [-0.3, -0.25) is 4.79 Å². The van der Waals surface area contributed by atoms with Crippen LogP contribution in [-0.4, -0.2) is 50.9 Å². The number of nitrogens with zero attached hydrogens (tertiary/aromatic N) is 3. The van der Waals surface area contributed by atoms with Crippen LogP contribution in [-0.2, 0) is 21.2 Å². The lowest BCUT2D eigenvalue weighted by atomic mass is 10.1. The summed E-state index contributed by atoms with van der Waals surface area (Å²) in [6.45, 7) is 8.56. The Balaban J connectivity index is 1.33. The van der Waals surface area contributed by atoms with Crippen molar-refractivity contribution in [1.82, 2.24) is 4.31 Å². The first-order valence-corrected chi connectivity index (χ1v) is 13.0. The van der Waals surface area contributed by atoms with E-state index in [0.717, 1.165) is 24.1 Å². The average Bonchev–Trinajstić information content (AvgIpc) is 3.57. The predicted molar refractivity (Wildman–Crippen MR) is 127 cm³/mol. The van der Waals surface area contributed by atoms with Gasteiger partial charge in [0.15, 0.2) is 0 Å². The van der Waals surface area contributed by atoms with Crippen LogP contribution in [0.1, 0.15) is 36.5 Å². The van der Waals surface area contributed by atoms with Gasteiger partial charge in [0.2, 0.25) is 15.9 Å². The minimum Gasteiger partial charge on any atom is -0.369 e. The minimum atomic E-state index is -3.56. The van der Waals surface area contributed by atoms with Gasteiger partial charge in [0.1, 0.15) is 0 Å². The maximum atomic E-state index is 13.4. The Morgan fingerprint density at radius 2 is 1.69 bits per heavy atom. The number of anilines is 2. The van der Waals surface area contributed by atoms with Crippen molar-refractivity contribution in [1.29, 1.82) is 0 Å². The fourth-order valence-corrected chi connectivity index (χ4v) is 6.50. The van der Waals surface area contributed by atoms with Crippen LogP contribution in [0.2, 0.25) is 0 Å². The van der Waals surface area contributed by atoms with E-state index < -0.39 is 10.0 Å². The van der Waals surface area contributed by atoms with E-state index in [4.69, 9.17) is 0 Å². The molecule has 0 spiro atoms. The lowest BCUT2D eigenvalue weighted by Gasteiger charge is -2.36. The highest BCUT2D eigenvalue weighted by atomic mass is 32.2. The number of carbonyl (C=O) groups is 1. The van der Waals surface area contributed by atoms with Gasteiger partial charge in [-0.05, 0) is 81.0 Å². The Kier molecular flexibility index (Phi) is 5.29. The second kappa shape index (κ2) is 7.89. The van der Waals surface area contributed by atoms with E-state index in [1.165, 1.54) is 16.8 Å². The maximum Gasteiger partial charge on any atom is 0.243 e. The molecule has 5 rings (SSSR count). The van der Waals surface area contributed by atoms with Crippen LogP contribution in [0.25, 0.3) is 0 Å². The molecule has 1 amide bonds. The monoisotopic (exact) mass is 453 g/mol. The smallest absolute Gasteiger partial charge is 0.243 e. The van der Waals surface area contributed by atoms with Gasteiger partial charge in [-0.1, -0.05) is 12.1 Å². The molecule has 2 heterocycles. The van der Waals surface area contributed by atoms with Gasteiger partial charge in [-0.2, -0.15) is 4.31 Å². The third kappa shape index (κ3) is 3.61. The summed E-state index contributed by atoms with van der Waals surface area (Å²) in [7, 11) is -3.56. The third-order valence-corrected chi connectivity index (χ3v) is 9.12. The quantitative estimate of drug-likeness (QED) is 0.711. The Bertz CT molecular complexity index is 1160. The van der Waals surface area contributed by atoms with Gasteiger partial charge < -0.3 is 9.80 Å². The zero-order chi connectivity index (χ0) is 22.6. The number of amides is 1. The van der Waals surface area contributed by atoms with E-state index >= 15 is 0 Å². The normalized spacial score (nSPS) is 21.7. The molecule has 1 aliphatic carbocycles. The van der Waals surface area contributed by atoms with Crippen LogP contribution in [0.3, 0.4) is 0 Å². The van der Waals surface area contributed by atoms with Crippen molar-refractivity contribution >= 4 is 27.3 Å². The highest BCUT2D eigenvalue weighted by molar-refractivity contribution is 7.89. The molecule has 7 heteroatoms. The minimum absolute atomic E-state index is 0.0807. The van der Waals surface area contributed by atoms with Gasteiger partial charge in [-0.15, -0.1) is 0 Å². The molecule has 1 saturated heterocycles. The molecule has 2 aromatic carbocycles. The lowest BCUT2D eigenvalue weighted by molar-refractivity contribution is -0.120. The van der Waals surface area contributed by atoms with E-state index in [1.807, 2.05) is 17.9 Å². The Hall–Kier alpha value is -2.38. The highest BCUT2D eigenvalue weighted by Gasteiger charge is 2.40. The van der Waals surface area contributed by atoms with Crippen LogP contribution in [0, 0.1) is 19.8 Å². The number of benzene rings is 2. The van der Waals surface area contributed by atoms with E-state index in [2.05, 4.69) is 36.9 Å². The topological polar surface area (TPSA) is 60.9 Å². The molecule has 170 valence electrons. The standard InChI is InChI=1S/C25H31N3O3S/c1-17-5-4-6-23(19(17)3)26-11-13-27(14-12-26)32(30,31)22-9-10-24-21(16-22)15-18(2)28(24)25(29)20-7-8-20/h4-6,9-10,16,18,20H,7-8,11-15H2,1-3H3. The molecule has 1 atom stereocenters. The number of hydrogen-bond donors (Lipinski definition) is 0. The first-order valence-electron chi connectivity index (χ1n) is 11.5. The van der Waals surface area contributed by atoms with Gasteiger partial charge in [0.05, 0.1) is 4.90 Å². The van der Waals surface area contributed by atoms with Crippen LogP contribution >= 0.6 is 0 Å². The summed E-state index contributed by atoms with van der Waals surface area (Å²) < 4.78 is 28.4. The molecule has 3 aliphatic rings. The van der Waals surface area contributed by atoms with Crippen molar-refractivity contribution in [2.45, 2.75) is 51.0 Å². The Labute approximate surface area is 190 Å². The van der Waals surface area contributed by atoms with Gasteiger partial charge in [0.25, 0.3) is 0 Å². The summed E-state index contributed by atoms with van der Waals surface area (Å²) in [5, 5.41) is 0. The molecule has 2 aromatic rings. The largest absolute Gasteiger partial charge is 0.369 e. The van der Waals surface area contributed by atoms with Crippen molar-refractivity contribution < 1.29 is 13.2 Å². The predicted octanol–water partition coefficient (Wildman–Crippen LogP) is 3.50. The average molecular weight is 454 g/mol. The van der Waals surface area contributed by atoms with E-state index in [0.29, 0.717) is 37.5 Å². The van der Waals surface area contributed by atoms with Crippen molar-refractivity contribution in [3.05, 3.63) is 53.1 Å². The number of carbonyl (C=O) groups excluding carboxylic acids is 1. The molecule has 0 radical (unpaired) electrons. The molecule has 2 aliphatic heterocycles. The van der Waals surface area contributed by atoms with Crippen LogP contribution in [0.15, 0.2) is 41.3 Å². The van der Waals surface area contributed by atoms with Gasteiger partial charge in [-0.25, -0.2) is 8.42 Å². The third-order valence-electron chi connectivity index (χ3n) is 7.22. The summed E-state index contributed by atoms with van der Waals surface area (Å²) in [5.41, 5.74) is 5.53. The summed E-state index contributed by atoms with van der Waals surface area (Å²) in [4.78, 5) is 17.2. The number of rotatable bonds is 4. The molecular weight excluding hydrogens is 422 g/mol. The van der Waals surface area contributed by atoms with Gasteiger partial charge in [0, 0.05) is 49.5 Å². The van der Waals surface area contributed by atoms with Gasteiger partial charge >= 0.3 is 0 Å². The van der Waals surface area contributed by atoms with E-state index in [9.17, 15) is 13.2 Å². The molecule has 0 aromatic heterocycles. The van der Waals surface area contributed by atoms with Crippen LogP contribution < -0.4 is 9.80 Å². The summed E-state index contributed by atoms with van der Waals surface area (Å²) >= 11 is 0. The van der Waals surface area contributed by atoms with Crippen molar-refractivity contribution in [3.63, 3.8) is 0 Å². The molecule has 1 unspecified atom stereocenters. The Morgan fingerprint density at radius 1 is 0.969 bits per heavy atom. The van der Waals surface area contributed by atoms with Crippen molar-refractivity contribution in [3.8, 4) is 0 Å².